The molecular weight excluding hydrogens is 331 g/mol. The van der Waals surface area contributed by atoms with E-state index in [1.807, 2.05) is 4.90 Å². The monoisotopic (exact) mass is 363 g/mol. The Morgan fingerprint density at radius 2 is 1.52 bits per heavy atom. The third-order valence-corrected chi connectivity index (χ3v) is 5.62. The van der Waals surface area contributed by atoms with Crippen LogP contribution in [0.5, 0.6) is 0 Å². The highest BCUT2D eigenvalue weighted by molar-refractivity contribution is 5.79. The highest BCUT2D eigenvalue weighted by atomic mass is 19.4. The summed E-state index contributed by atoms with van der Waals surface area (Å²) in [7, 11) is 1.53. The molecule has 2 aliphatic heterocycles. The normalized spacial score (nSPS) is 22.6. The van der Waals surface area contributed by atoms with Gasteiger partial charge in [0.1, 0.15) is 0 Å². The zero-order valence-electron chi connectivity index (χ0n) is 15.9. The van der Waals surface area contributed by atoms with Gasteiger partial charge in [-0.3, -0.25) is 14.6 Å². The van der Waals surface area contributed by atoms with Gasteiger partial charge in [-0.1, -0.05) is 0 Å². The molecule has 0 aromatic rings. The molecule has 2 aliphatic rings. The van der Waals surface area contributed by atoms with Gasteiger partial charge in [0.15, 0.2) is 0 Å². The summed E-state index contributed by atoms with van der Waals surface area (Å²) in [5.74, 6) is 0.272. The topological polar surface area (TPSA) is 26.8 Å². The largest absolute Gasteiger partial charge is 0.401 e. The van der Waals surface area contributed by atoms with Gasteiger partial charge in [-0.25, -0.2) is 0 Å². The smallest absolute Gasteiger partial charge is 0.342 e. The van der Waals surface area contributed by atoms with Crippen LogP contribution in [-0.2, 0) is 4.79 Å². The van der Waals surface area contributed by atoms with E-state index < -0.39 is 12.7 Å². The molecular formula is C18H32F3N3O. The van der Waals surface area contributed by atoms with Crippen LogP contribution in [0.2, 0.25) is 0 Å². The minimum atomic E-state index is -4.16. The molecule has 0 radical (unpaired) electrons. The predicted octanol–water partition coefficient (Wildman–Crippen LogP) is 2.98. The molecule has 0 saturated carbocycles. The first-order chi connectivity index (χ1) is 11.5. The molecule has 0 N–H and O–H groups in total. The molecule has 0 atom stereocenters. The second-order valence-electron chi connectivity index (χ2n) is 8.52. The van der Waals surface area contributed by atoms with Crippen LogP contribution in [0.15, 0.2) is 0 Å². The van der Waals surface area contributed by atoms with Crippen molar-refractivity contribution in [1.82, 2.24) is 14.7 Å². The average molecular weight is 363 g/mol. The molecule has 0 spiro atoms. The summed E-state index contributed by atoms with van der Waals surface area (Å²) >= 11 is 0. The summed E-state index contributed by atoms with van der Waals surface area (Å²) in [4.78, 5) is 18.4. The summed E-state index contributed by atoms with van der Waals surface area (Å²) in [6, 6.07) is -0.0894. The van der Waals surface area contributed by atoms with Crippen molar-refractivity contribution in [2.24, 2.45) is 5.92 Å². The lowest BCUT2D eigenvalue weighted by Crippen LogP contribution is -2.51. The Hall–Kier alpha value is -0.820. The lowest BCUT2D eigenvalue weighted by molar-refractivity contribution is -0.151. The number of carbonyl (C=O) groups is 1. The molecule has 1 amide bonds. The first-order valence-electron chi connectivity index (χ1n) is 9.28. The van der Waals surface area contributed by atoms with E-state index in [2.05, 4.69) is 25.7 Å². The van der Waals surface area contributed by atoms with Crippen molar-refractivity contribution in [2.75, 3.05) is 39.8 Å². The Bertz CT molecular complexity index is 445. The number of amides is 1. The van der Waals surface area contributed by atoms with Crippen molar-refractivity contribution in [3.8, 4) is 0 Å². The summed E-state index contributed by atoms with van der Waals surface area (Å²) < 4.78 is 37.5. The van der Waals surface area contributed by atoms with E-state index in [9.17, 15) is 18.0 Å². The number of likely N-dealkylation sites (tertiary alicyclic amines) is 2. The van der Waals surface area contributed by atoms with Gasteiger partial charge < -0.3 is 4.90 Å². The number of halogens is 3. The quantitative estimate of drug-likeness (QED) is 0.771. The first-order valence-corrected chi connectivity index (χ1v) is 9.28. The van der Waals surface area contributed by atoms with Gasteiger partial charge in [0, 0.05) is 30.6 Å². The summed E-state index contributed by atoms with van der Waals surface area (Å²) in [5, 5.41) is 0. The van der Waals surface area contributed by atoms with E-state index in [-0.39, 0.29) is 23.4 Å². The number of hydrogen-bond acceptors (Lipinski definition) is 3. The van der Waals surface area contributed by atoms with E-state index in [0.29, 0.717) is 25.9 Å². The standard InChI is InChI=1S/C18H32F3N3O/c1-17(2,3)24-11-5-14(6-12-24)16(25)23-9-7-15(8-10-23)22(4)13-18(19,20)21/h14-15H,5-13H2,1-4H3. The number of alkyl halides is 3. The lowest BCUT2D eigenvalue weighted by atomic mass is 9.91. The molecule has 2 rings (SSSR count). The molecule has 0 bridgehead atoms. The summed E-state index contributed by atoms with van der Waals surface area (Å²) in [5.41, 5.74) is 0.134. The maximum absolute atomic E-state index is 12.7. The van der Waals surface area contributed by atoms with Gasteiger partial charge in [0.05, 0.1) is 6.54 Å². The van der Waals surface area contributed by atoms with Gasteiger partial charge in [-0.2, -0.15) is 13.2 Å². The molecule has 25 heavy (non-hydrogen) atoms. The minimum absolute atomic E-state index is 0.0723. The van der Waals surface area contributed by atoms with Crippen LogP contribution in [0, 0.1) is 5.92 Å². The van der Waals surface area contributed by atoms with E-state index in [0.717, 1.165) is 25.9 Å². The Morgan fingerprint density at radius 3 is 1.96 bits per heavy atom. The Morgan fingerprint density at radius 1 is 1.00 bits per heavy atom. The van der Waals surface area contributed by atoms with Crippen molar-refractivity contribution >= 4 is 5.91 Å². The molecule has 2 saturated heterocycles. The van der Waals surface area contributed by atoms with Crippen LogP contribution in [0.25, 0.3) is 0 Å². The van der Waals surface area contributed by atoms with Crippen LogP contribution >= 0.6 is 0 Å². The molecule has 4 nitrogen and oxygen atoms in total. The van der Waals surface area contributed by atoms with E-state index >= 15 is 0 Å². The van der Waals surface area contributed by atoms with Gasteiger partial charge in [0.25, 0.3) is 0 Å². The fourth-order valence-corrected chi connectivity index (χ4v) is 3.99. The molecule has 0 aromatic carbocycles. The summed E-state index contributed by atoms with van der Waals surface area (Å²) in [6.45, 7) is 8.72. The fourth-order valence-electron chi connectivity index (χ4n) is 3.99. The fraction of sp³-hybridized carbons (Fsp3) is 0.944. The van der Waals surface area contributed by atoms with E-state index in [1.54, 1.807) is 0 Å². The SMILES string of the molecule is CN(CC(F)(F)F)C1CCN(C(=O)C2CCN(C(C)(C)C)CC2)CC1. The van der Waals surface area contributed by atoms with Crippen molar-refractivity contribution in [3.63, 3.8) is 0 Å². The zero-order chi connectivity index (χ0) is 18.8. The number of nitrogens with zero attached hydrogens (tertiary/aromatic N) is 3. The van der Waals surface area contributed by atoms with Crippen molar-refractivity contribution in [1.29, 1.82) is 0 Å². The van der Waals surface area contributed by atoms with Gasteiger partial charge >= 0.3 is 6.18 Å². The number of piperidine rings is 2. The first kappa shape index (κ1) is 20.5. The third-order valence-electron chi connectivity index (χ3n) is 5.62. The lowest BCUT2D eigenvalue weighted by Gasteiger charge is -2.42. The molecule has 2 heterocycles. The maximum Gasteiger partial charge on any atom is 0.401 e. The predicted molar refractivity (Wildman–Crippen MR) is 92.3 cm³/mol. The Labute approximate surface area is 149 Å². The highest BCUT2D eigenvalue weighted by Gasteiger charge is 2.36. The average Bonchev–Trinajstić information content (AvgIpc) is 2.52. The van der Waals surface area contributed by atoms with E-state index in [1.165, 1.54) is 11.9 Å². The van der Waals surface area contributed by atoms with Gasteiger partial charge in [0.2, 0.25) is 5.91 Å². The Balaban J connectivity index is 1.78. The minimum Gasteiger partial charge on any atom is -0.342 e. The number of hydrogen-bond donors (Lipinski definition) is 0. The maximum atomic E-state index is 12.7. The van der Waals surface area contributed by atoms with Gasteiger partial charge in [-0.15, -0.1) is 0 Å². The van der Waals surface area contributed by atoms with E-state index in [4.69, 9.17) is 0 Å². The van der Waals surface area contributed by atoms with Crippen molar-refractivity contribution < 1.29 is 18.0 Å². The van der Waals surface area contributed by atoms with Crippen molar-refractivity contribution in [2.45, 2.75) is 64.2 Å². The zero-order valence-corrected chi connectivity index (χ0v) is 15.9. The number of carbonyl (C=O) groups excluding carboxylic acids is 1. The van der Waals surface area contributed by atoms with Crippen LogP contribution < -0.4 is 0 Å². The highest BCUT2D eigenvalue weighted by Crippen LogP contribution is 2.27. The molecule has 2 fully saturated rings. The van der Waals surface area contributed by atoms with Crippen molar-refractivity contribution in [3.05, 3.63) is 0 Å². The molecule has 0 unspecified atom stereocenters. The van der Waals surface area contributed by atoms with Gasteiger partial charge in [-0.05, 0) is 66.6 Å². The van der Waals surface area contributed by atoms with Crippen LogP contribution in [0.4, 0.5) is 13.2 Å². The van der Waals surface area contributed by atoms with Crippen LogP contribution in [0.3, 0.4) is 0 Å². The van der Waals surface area contributed by atoms with Crippen LogP contribution in [0.1, 0.15) is 46.5 Å². The third kappa shape index (κ3) is 5.84. The second kappa shape index (κ2) is 7.82. The molecule has 146 valence electrons. The summed E-state index contributed by atoms with van der Waals surface area (Å²) in [6.07, 6.45) is -1.16. The Kier molecular flexibility index (Phi) is 6.41. The molecule has 7 heteroatoms. The second-order valence-corrected chi connectivity index (χ2v) is 8.52. The molecule has 0 aromatic heterocycles. The van der Waals surface area contributed by atoms with Crippen LogP contribution in [-0.4, -0.2) is 78.1 Å². The molecule has 0 aliphatic carbocycles. The number of rotatable bonds is 3.